The van der Waals surface area contributed by atoms with Crippen LogP contribution in [0, 0.1) is 5.95 Å². The highest BCUT2D eigenvalue weighted by Crippen LogP contribution is 2.36. The third-order valence-corrected chi connectivity index (χ3v) is 2.34. The zero-order chi connectivity index (χ0) is 11.2. The minimum absolute atomic E-state index is 0.155. The van der Waals surface area contributed by atoms with E-state index in [1.807, 2.05) is 5.10 Å². The molecule has 2 nitrogen and oxygen atoms in total. The highest BCUT2D eigenvalue weighted by Gasteiger charge is 2.34. The first-order valence-corrected chi connectivity index (χ1v) is 4.59. The van der Waals surface area contributed by atoms with Crippen molar-refractivity contribution in [3.63, 3.8) is 0 Å². The summed E-state index contributed by atoms with van der Waals surface area (Å²) in [5.41, 5.74) is -1.38. The Morgan fingerprint density at radius 2 is 1.93 bits per heavy atom. The maximum Gasteiger partial charge on any atom is 0.418 e. The van der Waals surface area contributed by atoms with Gasteiger partial charge < -0.3 is 0 Å². The van der Waals surface area contributed by atoms with Crippen LogP contribution in [0.3, 0.4) is 0 Å². The molecule has 0 saturated carbocycles. The van der Waals surface area contributed by atoms with Crippen LogP contribution in [0.5, 0.6) is 0 Å². The summed E-state index contributed by atoms with van der Waals surface area (Å²) in [5.74, 6) is -0.878. The number of fused-ring (bicyclic) bond motifs is 1. The molecule has 0 radical (unpaired) electrons. The summed E-state index contributed by atoms with van der Waals surface area (Å²) < 4.78 is 50.7. The summed E-state index contributed by atoms with van der Waals surface area (Å²) in [6.07, 6.45) is -4.55. The summed E-state index contributed by atoms with van der Waals surface area (Å²) in [6.45, 7) is 0. The largest absolute Gasteiger partial charge is 0.418 e. The number of H-pyrrole nitrogens is 1. The number of benzene rings is 1. The van der Waals surface area contributed by atoms with Gasteiger partial charge in [-0.2, -0.15) is 22.7 Å². The molecule has 7 heteroatoms. The Morgan fingerprint density at radius 1 is 1.27 bits per heavy atom. The van der Waals surface area contributed by atoms with Gasteiger partial charge in [0.25, 0.3) is 0 Å². The topological polar surface area (TPSA) is 28.7 Å². The molecular formula is C8H3BrF4N2. The average Bonchev–Trinajstić information content (AvgIpc) is 2.45. The Balaban J connectivity index is 2.84. The molecule has 2 rings (SSSR count). The quantitative estimate of drug-likeness (QED) is 0.737. The van der Waals surface area contributed by atoms with Crippen LogP contribution < -0.4 is 0 Å². The van der Waals surface area contributed by atoms with Crippen LogP contribution >= 0.6 is 15.9 Å². The normalized spacial score (nSPS) is 12.3. The Kier molecular flexibility index (Phi) is 2.22. The molecule has 15 heavy (non-hydrogen) atoms. The van der Waals surface area contributed by atoms with Gasteiger partial charge in [0.05, 0.1) is 10.9 Å². The zero-order valence-corrected chi connectivity index (χ0v) is 8.58. The Bertz CT molecular complexity index is 517. The fraction of sp³-hybridized carbons (Fsp3) is 0.125. The smallest absolute Gasteiger partial charge is 0.252 e. The first-order valence-electron chi connectivity index (χ1n) is 3.80. The summed E-state index contributed by atoms with van der Waals surface area (Å²) in [7, 11) is 0. The highest BCUT2D eigenvalue weighted by molar-refractivity contribution is 9.10. The lowest BCUT2D eigenvalue weighted by Crippen LogP contribution is -2.05. The van der Waals surface area contributed by atoms with E-state index in [1.54, 1.807) is 0 Å². The molecule has 0 bridgehead atoms. The van der Waals surface area contributed by atoms with Crippen LogP contribution in [0.2, 0.25) is 0 Å². The summed E-state index contributed by atoms with van der Waals surface area (Å²) in [6, 6.07) is 2.10. The maximum atomic E-state index is 13.0. The van der Waals surface area contributed by atoms with Crippen molar-refractivity contribution in [2.24, 2.45) is 0 Å². The summed E-state index contributed by atoms with van der Waals surface area (Å²) in [5, 5.41) is 4.98. The number of aromatic nitrogens is 2. The molecule has 80 valence electrons. The Hall–Kier alpha value is -1.11. The van der Waals surface area contributed by atoms with Gasteiger partial charge in [0.2, 0.25) is 5.95 Å². The molecule has 1 aromatic carbocycles. The minimum Gasteiger partial charge on any atom is -0.252 e. The molecule has 0 aliphatic heterocycles. The van der Waals surface area contributed by atoms with Crippen molar-refractivity contribution in [3.8, 4) is 0 Å². The van der Waals surface area contributed by atoms with Crippen molar-refractivity contribution in [2.45, 2.75) is 6.18 Å². The average molecular weight is 283 g/mol. The number of alkyl halides is 3. The number of rotatable bonds is 0. The number of nitrogens with one attached hydrogen (secondary N) is 1. The van der Waals surface area contributed by atoms with Crippen molar-refractivity contribution < 1.29 is 17.6 Å². The fourth-order valence-electron chi connectivity index (χ4n) is 1.27. The van der Waals surface area contributed by atoms with E-state index >= 15 is 0 Å². The van der Waals surface area contributed by atoms with E-state index in [0.717, 1.165) is 6.07 Å². The first-order chi connectivity index (χ1) is 6.89. The van der Waals surface area contributed by atoms with Crippen LogP contribution in [-0.2, 0) is 6.18 Å². The summed E-state index contributed by atoms with van der Waals surface area (Å²) in [4.78, 5) is 0. The van der Waals surface area contributed by atoms with Crippen LogP contribution in [0.1, 0.15) is 5.56 Å². The van der Waals surface area contributed by atoms with Gasteiger partial charge in [0, 0.05) is 4.47 Å². The molecule has 1 heterocycles. The maximum absolute atomic E-state index is 13.0. The number of nitrogens with zero attached hydrogens (tertiary/aromatic N) is 1. The molecule has 0 saturated heterocycles. The minimum atomic E-state index is -4.55. The second-order valence-electron chi connectivity index (χ2n) is 2.88. The van der Waals surface area contributed by atoms with Gasteiger partial charge in [0.1, 0.15) is 5.52 Å². The lowest BCUT2D eigenvalue weighted by Gasteiger charge is -2.07. The van der Waals surface area contributed by atoms with E-state index in [2.05, 4.69) is 21.0 Å². The molecular weight excluding hydrogens is 280 g/mol. The van der Waals surface area contributed by atoms with Gasteiger partial charge in [-0.15, -0.1) is 0 Å². The highest BCUT2D eigenvalue weighted by atomic mass is 79.9. The van der Waals surface area contributed by atoms with Crippen molar-refractivity contribution in [1.82, 2.24) is 10.2 Å². The summed E-state index contributed by atoms with van der Waals surface area (Å²) >= 11 is 2.89. The molecule has 1 N–H and O–H groups in total. The van der Waals surface area contributed by atoms with Crippen molar-refractivity contribution in [1.29, 1.82) is 0 Å². The number of halogens is 5. The van der Waals surface area contributed by atoms with Gasteiger partial charge in [-0.25, -0.2) is 0 Å². The Morgan fingerprint density at radius 3 is 2.53 bits per heavy atom. The molecule has 2 aromatic rings. The second-order valence-corrected chi connectivity index (χ2v) is 3.80. The third-order valence-electron chi connectivity index (χ3n) is 1.88. The van der Waals surface area contributed by atoms with E-state index < -0.39 is 23.2 Å². The number of aromatic amines is 1. The van der Waals surface area contributed by atoms with E-state index in [0.29, 0.717) is 0 Å². The molecule has 0 atom stereocenters. The molecule has 0 aliphatic carbocycles. The van der Waals surface area contributed by atoms with E-state index in [-0.39, 0.29) is 9.86 Å². The zero-order valence-electron chi connectivity index (χ0n) is 6.99. The predicted molar refractivity (Wildman–Crippen MR) is 48.8 cm³/mol. The molecule has 1 aromatic heterocycles. The van der Waals surface area contributed by atoms with Crippen LogP contribution in [0.4, 0.5) is 17.6 Å². The van der Waals surface area contributed by atoms with Gasteiger partial charge in [-0.1, -0.05) is 15.9 Å². The second kappa shape index (κ2) is 3.19. The van der Waals surface area contributed by atoms with Crippen LogP contribution in [0.15, 0.2) is 16.6 Å². The van der Waals surface area contributed by atoms with Crippen molar-refractivity contribution in [3.05, 3.63) is 28.1 Å². The lowest BCUT2D eigenvalue weighted by atomic mass is 10.1. The van der Waals surface area contributed by atoms with E-state index in [9.17, 15) is 17.6 Å². The molecule has 0 amide bonds. The molecule has 0 spiro atoms. The van der Waals surface area contributed by atoms with Gasteiger partial charge in [-0.3, -0.25) is 5.10 Å². The van der Waals surface area contributed by atoms with Gasteiger partial charge >= 0.3 is 6.18 Å². The van der Waals surface area contributed by atoms with Gasteiger partial charge in [0.15, 0.2) is 0 Å². The van der Waals surface area contributed by atoms with Crippen LogP contribution in [0.25, 0.3) is 10.9 Å². The van der Waals surface area contributed by atoms with E-state index in [4.69, 9.17) is 0 Å². The first kappa shape index (κ1) is 10.4. The third kappa shape index (κ3) is 1.71. The lowest BCUT2D eigenvalue weighted by molar-refractivity contribution is -0.136. The molecule has 0 unspecified atom stereocenters. The molecule has 0 fully saturated rings. The SMILES string of the molecule is Fc1[nH]nc2c(C(F)(F)F)cc(Br)cc12. The van der Waals surface area contributed by atoms with Gasteiger partial charge in [-0.05, 0) is 12.1 Å². The number of hydrogen-bond acceptors (Lipinski definition) is 1. The number of hydrogen-bond donors (Lipinski definition) is 1. The molecule has 0 aliphatic rings. The predicted octanol–water partition coefficient (Wildman–Crippen LogP) is 3.48. The van der Waals surface area contributed by atoms with Crippen molar-refractivity contribution in [2.75, 3.05) is 0 Å². The standard InChI is InChI=1S/C8H3BrF4N2/c9-3-1-4-6(14-15-7(4)10)5(2-3)8(11,12)13/h1-2H,(H,14,15). The fourth-order valence-corrected chi connectivity index (χ4v) is 1.73. The van der Waals surface area contributed by atoms with Crippen LogP contribution in [-0.4, -0.2) is 10.2 Å². The Labute approximate surface area is 89.4 Å². The van der Waals surface area contributed by atoms with Crippen molar-refractivity contribution >= 4 is 26.8 Å². The monoisotopic (exact) mass is 282 g/mol. The van der Waals surface area contributed by atoms with E-state index in [1.165, 1.54) is 6.07 Å².